The minimum Gasteiger partial charge on any atom is -0.480 e. The van der Waals surface area contributed by atoms with Crippen molar-refractivity contribution in [2.75, 3.05) is 0 Å². The molecule has 122 valence electrons. The van der Waals surface area contributed by atoms with Gasteiger partial charge < -0.3 is 5.11 Å². The molecule has 0 bridgehead atoms. The Kier molecular flexibility index (Phi) is 3.98. The topological polar surface area (TPSA) is 95.2 Å². The third-order valence-corrected chi connectivity index (χ3v) is 7.08. The highest BCUT2D eigenvalue weighted by Crippen LogP contribution is 2.64. The molecule has 2 aromatic rings. The van der Waals surface area contributed by atoms with Crippen LogP contribution in [0.2, 0.25) is 0 Å². The summed E-state index contributed by atoms with van der Waals surface area (Å²) in [5.74, 6) is -2.32. The van der Waals surface area contributed by atoms with Crippen LogP contribution < -0.4 is 0 Å². The van der Waals surface area contributed by atoms with Gasteiger partial charge in [0.05, 0.1) is 11.0 Å². The van der Waals surface area contributed by atoms with Crippen LogP contribution in [0.3, 0.4) is 0 Å². The molecule has 24 heavy (non-hydrogen) atoms. The first-order chi connectivity index (χ1) is 11.4. The Morgan fingerprint density at radius 3 is 2.21 bits per heavy atom. The maximum atomic E-state index is 12.9. The molecule has 3 atom stereocenters. The zero-order valence-corrected chi connectivity index (χ0v) is 14.7. The second-order valence-corrected chi connectivity index (χ2v) is 8.58. The van der Waals surface area contributed by atoms with E-state index in [1.54, 1.807) is 48.5 Å². The molecule has 3 rings (SSSR count). The third-order valence-electron chi connectivity index (χ3n) is 4.31. The summed E-state index contributed by atoms with van der Waals surface area (Å²) in [7, 11) is -3.95. The van der Waals surface area contributed by atoms with E-state index in [9.17, 15) is 23.6 Å². The molecule has 0 aliphatic heterocycles. The molecular formula is C17H12BrNO4S. The largest absolute Gasteiger partial charge is 0.480 e. The van der Waals surface area contributed by atoms with Gasteiger partial charge >= 0.3 is 5.97 Å². The van der Waals surface area contributed by atoms with Crippen LogP contribution in [0, 0.1) is 16.7 Å². The lowest BCUT2D eigenvalue weighted by atomic mass is 10.0. The van der Waals surface area contributed by atoms with E-state index in [1.165, 1.54) is 12.1 Å². The zero-order chi connectivity index (χ0) is 17.5. The molecule has 1 aliphatic rings. The molecule has 0 radical (unpaired) electrons. The van der Waals surface area contributed by atoms with E-state index in [0.717, 1.165) is 4.47 Å². The first kappa shape index (κ1) is 16.7. The summed E-state index contributed by atoms with van der Waals surface area (Å²) in [6.07, 6.45) is 0. The predicted octanol–water partition coefficient (Wildman–Crippen LogP) is 2.98. The number of nitrogens with zero attached hydrogens (tertiary/aromatic N) is 1. The first-order valence-electron chi connectivity index (χ1n) is 7.04. The molecule has 0 unspecified atom stereocenters. The number of carbonyl (C=O) groups is 1. The van der Waals surface area contributed by atoms with Crippen LogP contribution in [-0.4, -0.2) is 24.7 Å². The van der Waals surface area contributed by atoms with E-state index in [4.69, 9.17) is 0 Å². The standard InChI is InChI=1S/C17H12BrNO4S/c18-12-8-6-11(7-9-12)14-15(17(14,10-19)16(20)21)24(22,23)13-4-2-1-3-5-13/h1-9,14-15H,(H,20,21)/t14-,15+,17-/m0/s1. The molecule has 5 nitrogen and oxygen atoms in total. The molecule has 1 fully saturated rings. The van der Waals surface area contributed by atoms with Crippen molar-refractivity contribution in [3.05, 3.63) is 64.6 Å². The van der Waals surface area contributed by atoms with Crippen molar-refractivity contribution in [1.82, 2.24) is 0 Å². The molecule has 7 heteroatoms. The minimum atomic E-state index is -3.95. The number of sulfone groups is 1. The quantitative estimate of drug-likeness (QED) is 0.843. The van der Waals surface area contributed by atoms with Gasteiger partial charge in [0.15, 0.2) is 15.3 Å². The van der Waals surface area contributed by atoms with E-state index in [2.05, 4.69) is 15.9 Å². The molecule has 0 saturated heterocycles. The van der Waals surface area contributed by atoms with Crippen LogP contribution in [0.4, 0.5) is 0 Å². The number of hydrogen-bond acceptors (Lipinski definition) is 4. The van der Waals surface area contributed by atoms with Crippen molar-refractivity contribution in [1.29, 1.82) is 5.26 Å². The van der Waals surface area contributed by atoms with Crippen LogP contribution in [0.15, 0.2) is 64.0 Å². The number of aliphatic carboxylic acids is 1. The van der Waals surface area contributed by atoms with E-state index in [1.807, 2.05) is 0 Å². The van der Waals surface area contributed by atoms with E-state index in [0.29, 0.717) is 5.56 Å². The lowest BCUT2D eigenvalue weighted by Crippen LogP contribution is -2.22. The van der Waals surface area contributed by atoms with Crippen LogP contribution in [0.1, 0.15) is 11.5 Å². The number of halogens is 1. The predicted molar refractivity (Wildman–Crippen MR) is 90.0 cm³/mol. The fourth-order valence-electron chi connectivity index (χ4n) is 3.08. The molecule has 0 spiro atoms. The highest BCUT2D eigenvalue weighted by atomic mass is 79.9. The average molecular weight is 406 g/mol. The Labute approximate surface area is 147 Å². The van der Waals surface area contributed by atoms with E-state index in [-0.39, 0.29) is 4.90 Å². The lowest BCUT2D eigenvalue weighted by Gasteiger charge is -2.04. The maximum Gasteiger partial charge on any atom is 0.326 e. The van der Waals surface area contributed by atoms with Gasteiger partial charge in [-0.2, -0.15) is 5.26 Å². The summed E-state index contributed by atoms with van der Waals surface area (Å²) in [4.78, 5) is 11.8. The Hall–Kier alpha value is -2.17. The van der Waals surface area contributed by atoms with Gasteiger partial charge in [-0.15, -0.1) is 0 Å². The number of benzene rings is 2. The maximum absolute atomic E-state index is 12.9. The van der Waals surface area contributed by atoms with E-state index < -0.39 is 32.4 Å². The van der Waals surface area contributed by atoms with Gasteiger partial charge in [0.2, 0.25) is 0 Å². The molecule has 2 aromatic carbocycles. The number of rotatable bonds is 4. The molecular weight excluding hydrogens is 394 g/mol. The monoisotopic (exact) mass is 405 g/mol. The van der Waals surface area contributed by atoms with Crippen molar-refractivity contribution >= 4 is 31.7 Å². The summed E-state index contributed by atoms with van der Waals surface area (Å²) in [6, 6.07) is 16.1. The fourth-order valence-corrected chi connectivity index (χ4v) is 5.62. The third kappa shape index (κ3) is 2.34. The first-order valence-corrected chi connectivity index (χ1v) is 9.38. The lowest BCUT2D eigenvalue weighted by molar-refractivity contribution is -0.141. The van der Waals surface area contributed by atoms with Crippen LogP contribution >= 0.6 is 15.9 Å². The molecule has 1 aliphatic carbocycles. The summed E-state index contributed by atoms with van der Waals surface area (Å²) in [5.41, 5.74) is -1.45. The second-order valence-electron chi connectivity index (χ2n) is 5.59. The van der Waals surface area contributed by atoms with Gasteiger partial charge in [-0.05, 0) is 29.8 Å². The van der Waals surface area contributed by atoms with Crippen molar-refractivity contribution in [2.45, 2.75) is 16.1 Å². The Morgan fingerprint density at radius 2 is 1.71 bits per heavy atom. The van der Waals surface area contributed by atoms with E-state index >= 15 is 0 Å². The molecule has 1 N–H and O–H groups in total. The van der Waals surface area contributed by atoms with Crippen molar-refractivity contribution in [3.8, 4) is 6.07 Å². The summed E-state index contributed by atoms with van der Waals surface area (Å²) in [5, 5.41) is 17.8. The van der Waals surface area contributed by atoms with Gasteiger partial charge in [0, 0.05) is 10.4 Å². The van der Waals surface area contributed by atoms with Gasteiger partial charge in [-0.25, -0.2) is 8.42 Å². The number of hydrogen-bond donors (Lipinski definition) is 1. The van der Waals surface area contributed by atoms with Crippen LogP contribution in [0.5, 0.6) is 0 Å². The zero-order valence-electron chi connectivity index (χ0n) is 12.3. The van der Waals surface area contributed by atoms with Crippen LogP contribution in [-0.2, 0) is 14.6 Å². The minimum absolute atomic E-state index is 0.0236. The molecule has 0 amide bonds. The number of nitriles is 1. The number of carboxylic acids is 1. The molecule has 0 aromatic heterocycles. The normalized spacial score (nSPS) is 25.7. The fraction of sp³-hybridized carbons (Fsp3) is 0.176. The Balaban J connectivity index is 2.13. The summed E-state index contributed by atoms with van der Waals surface area (Å²) in [6.45, 7) is 0. The van der Waals surface area contributed by atoms with Gasteiger partial charge in [0.1, 0.15) is 5.25 Å². The van der Waals surface area contributed by atoms with Gasteiger partial charge in [-0.3, -0.25) is 4.79 Å². The summed E-state index contributed by atoms with van der Waals surface area (Å²) >= 11 is 3.28. The molecule has 1 saturated carbocycles. The van der Waals surface area contributed by atoms with Gasteiger partial charge in [-0.1, -0.05) is 46.3 Å². The Bertz CT molecular complexity index is 935. The second kappa shape index (κ2) is 5.72. The van der Waals surface area contributed by atoms with Crippen molar-refractivity contribution in [2.24, 2.45) is 5.41 Å². The Morgan fingerprint density at radius 1 is 1.12 bits per heavy atom. The number of carboxylic acid groups (broad SMARTS) is 1. The summed E-state index contributed by atoms with van der Waals surface area (Å²) < 4.78 is 26.6. The van der Waals surface area contributed by atoms with Gasteiger partial charge in [0.25, 0.3) is 0 Å². The smallest absolute Gasteiger partial charge is 0.326 e. The SMILES string of the molecule is N#C[C@@]1(C(=O)O)[C@H](S(=O)(=O)c2ccccc2)[C@@H]1c1ccc(Br)cc1. The highest BCUT2D eigenvalue weighted by molar-refractivity contribution is 9.10. The van der Waals surface area contributed by atoms with Crippen molar-refractivity contribution in [3.63, 3.8) is 0 Å². The van der Waals surface area contributed by atoms with Crippen LogP contribution in [0.25, 0.3) is 0 Å². The highest BCUT2D eigenvalue weighted by Gasteiger charge is 2.77. The van der Waals surface area contributed by atoms with Crippen molar-refractivity contribution < 1.29 is 18.3 Å². The molecule has 0 heterocycles. The average Bonchev–Trinajstić information content (AvgIpc) is 3.28.